The first kappa shape index (κ1) is 8.55. The minimum absolute atomic E-state index is 0.544. The first-order valence-corrected chi connectivity index (χ1v) is 5.36. The Morgan fingerprint density at radius 3 is 2.25 bits per heavy atom. The maximum absolute atomic E-state index is 3.79. The molecule has 0 aromatic carbocycles. The first-order chi connectivity index (χ1) is 5.59. The molecular formula is C11H21N. The molecule has 2 unspecified atom stereocenters. The van der Waals surface area contributed by atoms with E-state index in [2.05, 4.69) is 26.1 Å². The molecule has 2 fully saturated rings. The lowest BCUT2D eigenvalue weighted by Crippen LogP contribution is -2.42. The van der Waals surface area contributed by atoms with Gasteiger partial charge in [-0.2, -0.15) is 0 Å². The Morgan fingerprint density at radius 1 is 1.17 bits per heavy atom. The molecule has 2 atom stereocenters. The second-order valence-electron chi connectivity index (χ2n) is 5.42. The van der Waals surface area contributed by atoms with E-state index in [-0.39, 0.29) is 0 Å². The fourth-order valence-corrected chi connectivity index (χ4v) is 2.59. The van der Waals surface area contributed by atoms with Gasteiger partial charge in [0.15, 0.2) is 0 Å². The molecule has 0 spiro atoms. The quantitative estimate of drug-likeness (QED) is 0.666. The normalized spacial score (nSPS) is 40.2. The molecule has 0 amide bonds. The van der Waals surface area contributed by atoms with Crippen LogP contribution in [0.15, 0.2) is 0 Å². The zero-order valence-corrected chi connectivity index (χ0v) is 8.56. The fourth-order valence-electron chi connectivity index (χ4n) is 2.59. The Morgan fingerprint density at radius 2 is 1.83 bits per heavy atom. The van der Waals surface area contributed by atoms with Crippen LogP contribution in [0.5, 0.6) is 0 Å². The van der Waals surface area contributed by atoms with Crippen molar-refractivity contribution in [3.8, 4) is 0 Å². The molecule has 1 nitrogen and oxygen atoms in total. The van der Waals surface area contributed by atoms with Crippen LogP contribution >= 0.6 is 0 Å². The summed E-state index contributed by atoms with van der Waals surface area (Å²) in [7, 11) is 0. The highest BCUT2D eigenvalue weighted by atomic mass is 15.0. The van der Waals surface area contributed by atoms with Crippen LogP contribution in [-0.2, 0) is 0 Å². The minimum Gasteiger partial charge on any atom is -0.310 e. The zero-order chi connectivity index (χ0) is 8.77. The highest BCUT2D eigenvalue weighted by Crippen LogP contribution is 2.42. The van der Waals surface area contributed by atoms with Gasteiger partial charge in [-0.3, -0.25) is 0 Å². The van der Waals surface area contributed by atoms with Crippen molar-refractivity contribution < 1.29 is 0 Å². The molecule has 12 heavy (non-hydrogen) atoms. The Kier molecular flexibility index (Phi) is 1.95. The van der Waals surface area contributed by atoms with E-state index in [1.54, 1.807) is 0 Å². The number of hydrogen-bond donors (Lipinski definition) is 1. The van der Waals surface area contributed by atoms with Crippen LogP contribution in [0.25, 0.3) is 0 Å². The van der Waals surface area contributed by atoms with Crippen molar-refractivity contribution in [1.29, 1.82) is 0 Å². The smallest absolute Gasteiger partial charge is 0.0146 e. The predicted molar refractivity (Wildman–Crippen MR) is 52.1 cm³/mol. The summed E-state index contributed by atoms with van der Waals surface area (Å²) in [6.45, 7) is 7.22. The molecule has 0 aliphatic heterocycles. The van der Waals surface area contributed by atoms with Crippen molar-refractivity contribution in [2.75, 3.05) is 0 Å². The van der Waals surface area contributed by atoms with Gasteiger partial charge in [0.25, 0.3) is 0 Å². The zero-order valence-electron chi connectivity index (χ0n) is 8.56. The van der Waals surface area contributed by atoms with Crippen molar-refractivity contribution in [2.24, 2.45) is 11.3 Å². The summed E-state index contributed by atoms with van der Waals surface area (Å²) in [6, 6.07) is 1.65. The largest absolute Gasteiger partial charge is 0.310 e. The van der Waals surface area contributed by atoms with E-state index in [0.29, 0.717) is 5.41 Å². The molecule has 70 valence electrons. The maximum atomic E-state index is 3.79. The molecule has 0 saturated heterocycles. The topological polar surface area (TPSA) is 12.0 Å². The van der Waals surface area contributed by atoms with Crippen LogP contribution in [0.3, 0.4) is 0 Å². The third-order valence-electron chi connectivity index (χ3n) is 3.65. The fraction of sp³-hybridized carbons (Fsp3) is 1.00. The van der Waals surface area contributed by atoms with Crippen LogP contribution in [0.4, 0.5) is 0 Å². The van der Waals surface area contributed by atoms with Gasteiger partial charge in [0, 0.05) is 12.1 Å². The average Bonchev–Trinajstić information content (AvgIpc) is 2.74. The Bertz CT molecular complexity index is 170. The molecule has 2 aliphatic carbocycles. The van der Waals surface area contributed by atoms with E-state index in [4.69, 9.17) is 0 Å². The Labute approximate surface area is 75.9 Å². The number of nitrogens with one attached hydrogen (secondary N) is 1. The van der Waals surface area contributed by atoms with Crippen molar-refractivity contribution >= 4 is 0 Å². The third-order valence-corrected chi connectivity index (χ3v) is 3.65. The molecule has 0 aromatic rings. The molecular weight excluding hydrogens is 146 g/mol. The molecule has 2 aliphatic rings. The van der Waals surface area contributed by atoms with Crippen molar-refractivity contribution in [3.05, 3.63) is 0 Å². The van der Waals surface area contributed by atoms with E-state index in [1.165, 1.54) is 25.7 Å². The van der Waals surface area contributed by atoms with Crippen molar-refractivity contribution in [2.45, 2.75) is 58.5 Å². The lowest BCUT2D eigenvalue weighted by Gasteiger charge is -2.30. The van der Waals surface area contributed by atoms with Gasteiger partial charge in [-0.15, -0.1) is 0 Å². The second kappa shape index (κ2) is 2.73. The molecule has 0 aromatic heterocycles. The van der Waals surface area contributed by atoms with Gasteiger partial charge in [0.1, 0.15) is 0 Å². The summed E-state index contributed by atoms with van der Waals surface area (Å²) in [5.41, 5.74) is 0.544. The second-order valence-corrected chi connectivity index (χ2v) is 5.42. The van der Waals surface area contributed by atoms with Gasteiger partial charge in [0.05, 0.1) is 0 Å². The molecule has 2 rings (SSSR count). The van der Waals surface area contributed by atoms with E-state index in [9.17, 15) is 0 Å². The van der Waals surface area contributed by atoms with Gasteiger partial charge >= 0.3 is 0 Å². The number of hydrogen-bond acceptors (Lipinski definition) is 1. The van der Waals surface area contributed by atoms with E-state index in [1.807, 2.05) is 0 Å². The van der Waals surface area contributed by atoms with Gasteiger partial charge < -0.3 is 5.32 Å². The lowest BCUT2D eigenvalue weighted by molar-refractivity contribution is 0.253. The monoisotopic (exact) mass is 167 g/mol. The standard InChI is InChI=1S/C11H21N/c1-8-6-7-11(2,3)10(8)12-9-4-5-9/h8-10,12H,4-7H2,1-3H3. The molecule has 2 saturated carbocycles. The van der Waals surface area contributed by atoms with Gasteiger partial charge in [0.2, 0.25) is 0 Å². The molecule has 1 heteroatoms. The Balaban J connectivity index is 1.98. The molecule has 1 N–H and O–H groups in total. The van der Waals surface area contributed by atoms with Crippen LogP contribution in [0.2, 0.25) is 0 Å². The third kappa shape index (κ3) is 1.52. The minimum atomic E-state index is 0.544. The van der Waals surface area contributed by atoms with E-state index < -0.39 is 0 Å². The summed E-state index contributed by atoms with van der Waals surface area (Å²) in [6.07, 6.45) is 5.65. The van der Waals surface area contributed by atoms with Crippen molar-refractivity contribution in [1.82, 2.24) is 5.32 Å². The van der Waals surface area contributed by atoms with E-state index >= 15 is 0 Å². The predicted octanol–water partition coefficient (Wildman–Crippen LogP) is 2.56. The first-order valence-electron chi connectivity index (χ1n) is 5.36. The number of rotatable bonds is 2. The van der Waals surface area contributed by atoms with Gasteiger partial charge in [-0.25, -0.2) is 0 Å². The van der Waals surface area contributed by atoms with Gasteiger partial charge in [-0.05, 0) is 37.0 Å². The summed E-state index contributed by atoms with van der Waals surface area (Å²) < 4.78 is 0. The van der Waals surface area contributed by atoms with Crippen LogP contribution < -0.4 is 5.32 Å². The summed E-state index contributed by atoms with van der Waals surface area (Å²) >= 11 is 0. The summed E-state index contributed by atoms with van der Waals surface area (Å²) in [5.74, 6) is 0.889. The molecule has 0 heterocycles. The highest BCUT2D eigenvalue weighted by Gasteiger charge is 2.41. The molecule has 0 bridgehead atoms. The molecule has 0 radical (unpaired) electrons. The summed E-state index contributed by atoms with van der Waals surface area (Å²) in [4.78, 5) is 0. The average molecular weight is 167 g/mol. The van der Waals surface area contributed by atoms with Gasteiger partial charge in [-0.1, -0.05) is 20.8 Å². The maximum Gasteiger partial charge on any atom is 0.0146 e. The highest BCUT2D eigenvalue weighted by molar-refractivity contribution is 4.98. The Hall–Kier alpha value is -0.0400. The lowest BCUT2D eigenvalue weighted by atomic mass is 9.85. The van der Waals surface area contributed by atoms with Crippen LogP contribution in [0, 0.1) is 11.3 Å². The summed E-state index contributed by atoms with van der Waals surface area (Å²) in [5, 5.41) is 3.79. The van der Waals surface area contributed by atoms with E-state index in [0.717, 1.165) is 18.0 Å². The SMILES string of the molecule is CC1CCC(C)(C)C1NC1CC1. The van der Waals surface area contributed by atoms with Crippen LogP contribution in [0.1, 0.15) is 46.5 Å². The van der Waals surface area contributed by atoms with Crippen molar-refractivity contribution in [3.63, 3.8) is 0 Å². The van der Waals surface area contributed by atoms with Crippen LogP contribution in [-0.4, -0.2) is 12.1 Å².